The maximum absolute atomic E-state index is 13.5. The van der Waals surface area contributed by atoms with Crippen LogP contribution in [0, 0.1) is 0 Å². The fourth-order valence-electron chi connectivity index (χ4n) is 3.60. The topological polar surface area (TPSA) is 179 Å². The Morgan fingerprint density at radius 2 is 1.67 bits per heavy atom. The molecule has 0 aliphatic carbocycles. The number of rotatable bonds is 4. The predicted octanol–water partition coefficient (Wildman–Crippen LogP) is 0.792. The normalized spacial score (nSPS) is 25.2. The highest BCUT2D eigenvalue weighted by Gasteiger charge is 2.44. The summed E-state index contributed by atoms with van der Waals surface area (Å²) in [5.41, 5.74) is -0.721. The van der Waals surface area contributed by atoms with Crippen LogP contribution in [0.4, 0.5) is 0 Å². The van der Waals surface area contributed by atoms with Crippen molar-refractivity contribution in [3.63, 3.8) is 0 Å². The lowest BCUT2D eigenvalue weighted by molar-refractivity contribution is -0.268. The minimum atomic E-state index is -1.71. The number of aromatic hydroxyl groups is 3. The monoisotopic (exact) mass is 462 g/mol. The number of ether oxygens (including phenoxy) is 3. The molecule has 11 nitrogen and oxygen atoms in total. The summed E-state index contributed by atoms with van der Waals surface area (Å²) < 4.78 is 22.1. The van der Waals surface area contributed by atoms with Gasteiger partial charge in [-0.05, 0) is 25.1 Å². The molecule has 33 heavy (non-hydrogen) atoms. The second kappa shape index (κ2) is 8.45. The van der Waals surface area contributed by atoms with Crippen LogP contribution in [0.1, 0.15) is 6.92 Å². The van der Waals surface area contributed by atoms with Crippen molar-refractivity contribution < 1.29 is 49.3 Å². The van der Waals surface area contributed by atoms with E-state index in [9.17, 15) is 35.4 Å². The molecule has 1 aliphatic heterocycles. The molecule has 0 unspecified atom stereocenters. The second-order valence-electron chi connectivity index (χ2n) is 7.61. The first-order valence-electron chi connectivity index (χ1n) is 9.88. The summed E-state index contributed by atoms with van der Waals surface area (Å²) in [6.45, 7) is 1.45. The number of hydrogen-bond donors (Lipinski definition) is 6. The number of fused-ring (bicyclic) bond motifs is 1. The van der Waals surface area contributed by atoms with Crippen molar-refractivity contribution in [2.24, 2.45) is 0 Å². The smallest absolute Gasteiger partial charge is 0.239 e. The van der Waals surface area contributed by atoms with Gasteiger partial charge in [-0.25, -0.2) is 0 Å². The number of methoxy groups -OCH3 is 1. The van der Waals surface area contributed by atoms with Crippen LogP contribution >= 0.6 is 0 Å². The molecule has 5 atom stereocenters. The Balaban J connectivity index is 1.94. The maximum Gasteiger partial charge on any atom is 0.239 e. The van der Waals surface area contributed by atoms with Gasteiger partial charge in [-0.1, -0.05) is 0 Å². The number of phenols is 3. The van der Waals surface area contributed by atoms with Crippen molar-refractivity contribution in [2.45, 2.75) is 37.6 Å². The molecule has 1 aliphatic rings. The van der Waals surface area contributed by atoms with Crippen LogP contribution in [0.25, 0.3) is 22.3 Å². The average Bonchev–Trinajstić information content (AvgIpc) is 2.78. The lowest BCUT2D eigenvalue weighted by atomic mass is 10.00. The molecule has 1 saturated heterocycles. The Bertz CT molecular complexity index is 1250. The van der Waals surface area contributed by atoms with Crippen molar-refractivity contribution in [3.05, 3.63) is 40.6 Å². The fraction of sp³-hybridized carbons (Fsp3) is 0.318. The van der Waals surface area contributed by atoms with E-state index in [4.69, 9.17) is 18.6 Å². The SMILES string of the molecule is COc1cc(O)cc2oc(-c3ccc(O)c(O)c3)c(O[C@@H]3O[C@H](C)[C@H](O)[C@@H](O)[C@H]3O)c(=O)c12. The zero-order valence-corrected chi connectivity index (χ0v) is 17.5. The summed E-state index contributed by atoms with van der Waals surface area (Å²) in [7, 11) is 1.29. The molecule has 1 aromatic heterocycles. The van der Waals surface area contributed by atoms with E-state index < -0.39 is 53.4 Å². The summed E-state index contributed by atoms with van der Waals surface area (Å²) >= 11 is 0. The molecule has 1 fully saturated rings. The number of aliphatic hydroxyl groups is 3. The van der Waals surface area contributed by atoms with Crippen molar-refractivity contribution in [1.82, 2.24) is 0 Å². The van der Waals surface area contributed by atoms with E-state index >= 15 is 0 Å². The molecule has 3 aromatic rings. The number of hydrogen-bond acceptors (Lipinski definition) is 11. The van der Waals surface area contributed by atoms with Crippen molar-refractivity contribution >= 4 is 11.0 Å². The molecule has 0 spiro atoms. The van der Waals surface area contributed by atoms with E-state index in [1.165, 1.54) is 32.2 Å². The van der Waals surface area contributed by atoms with Crippen LogP contribution in [0.3, 0.4) is 0 Å². The predicted molar refractivity (Wildman–Crippen MR) is 112 cm³/mol. The highest BCUT2D eigenvalue weighted by atomic mass is 16.7. The van der Waals surface area contributed by atoms with Gasteiger partial charge in [0.25, 0.3) is 0 Å². The lowest BCUT2D eigenvalue weighted by Crippen LogP contribution is -2.58. The molecule has 2 heterocycles. The fourth-order valence-corrected chi connectivity index (χ4v) is 3.60. The molecule has 0 amide bonds. The number of benzene rings is 2. The molecule has 176 valence electrons. The molecule has 6 N–H and O–H groups in total. The van der Waals surface area contributed by atoms with Crippen LogP contribution in [-0.2, 0) is 4.74 Å². The maximum atomic E-state index is 13.5. The van der Waals surface area contributed by atoms with E-state index in [0.717, 1.165) is 12.1 Å². The number of aliphatic hydroxyl groups excluding tert-OH is 3. The van der Waals surface area contributed by atoms with Gasteiger partial charge in [0.05, 0.1) is 13.2 Å². The van der Waals surface area contributed by atoms with Gasteiger partial charge < -0.3 is 49.3 Å². The van der Waals surface area contributed by atoms with E-state index in [1.54, 1.807) is 0 Å². The van der Waals surface area contributed by atoms with Gasteiger partial charge in [0.1, 0.15) is 40.8 Å². The molecule has 0 saturated carbocycles. The van der Waals surface area contributed by atoms with Gasteiger partial charge in [0, 0.05) is 17.7 Å². The first kappa shape index (κ1) is 22.7. The standard InChI is InChI=1S/C22H22O11/c1-8-16(26)18(28)19(29)22(31-8)33-21-17(27)15-13(30-2)6-10(23)7-14(15)32-20(21)9-3-4-11(24)12(25)5-9/h3-8,16,18-19,22-26,28-29H,1-2H3/t8-,16+,18-,19-,22+/m1/s1. The van der Waals surface area contributed by atoms with Gasteiger partial charge in [-0.3, -0.25) is 4.79 Å². The Morgan fingerprint density at radius 3 is 2.33 bits per heavy atom. The third kappa shape index (κ3) is 3.91. The number of phenolic OH excluding ortho intramolecular Hbond substituents is 3. The zero-order valence-electron chi connectivity index (χ0n) is 17.5. The summed E-state index contributed by atoms with van der Waals surface area (Å²) in [4.78, 5) is 13.5. The van der Waals surface area contributed by atoms with Gasteiger partial charge in [-0.15, -0.1) is 0 Å². The van der Waals surface area contributed by atoms with Crippen LogP contribution in [0.2, 0.25) is 0 Å². The Labute approximate surface area is 186 Å². The summed E-state index contributed by atoms with van der Waals surface area (Å²) in [6, 6.07) is 6.00. The van der Waals surface area contributed by atoms with Gasteiger partial charge in [-0.2, -0.15) is 0 Å². The Kier molecular flexibility index (Phi) is 5.80. The van der Waals surface area contributed by atoms with Crippen molar-refractivity contribution in [1.29, 1.82) is 0 Å². The van der Waals surface area contributed by atoms with Crippen LogP contribution in [0.5, 0.6) is 28.7 Å². The summed E-state index contributed by atoms with van der Waals surface area (Å²) in [5, 5.41) is 59.8. The van der Waals surface area contributed by atoms with Crippen molar-refractivity contribution in [3.8, 4) is 40.1 Å². The molecule has 0 radical (unpaired) electrons. The average molecular weight is 462 g/mol. The second-order valence-corrected chi connectivity index (χ2v) is 7.61. The molecule has 11 heteroatoms. The van der Waals surface area contributed by atoms with Crippen molar-refractivity contribution in [2.75, 3.05) is 7.11 Å². The van der Waals surface area contributed by atoms with E-state index in [-0.39, 0.29) is 33.8 Å². The minimum Gasteiger partial charge on any atom is -0.508 e. The largest absolute Gasteiger partial charge is 0.508 e. The highest BCUT2D eigenvalue weighted by Crippen LogP contribution is 2.39. The molecule has 0 bridgehead atoms. The Hall–Kier alpha value is -3.51. The quantitative estimate of drug-likeness (QED) is 0.302. The third-order valence-electron chi connectivity index (χ3n) is 5.40. The summed E-state index contributed by atoms with van der Waals surface area (Å²) in [5.74, 6) is -1.86. The molecular formula is C22H22O11. The molecular weight excluding hydrogens is 440 g/mol. The molecule has 2 aromatic carbocycles. The van der Waals surface area contributed by atoms with Crippen LogP contribution in [0.15, 0.2) is 39.5 Å². The minimum absolute atomic E-state index is 0.0161. The van der Waals surface area contributed by atoms with Crippen LogP contribution in [-0.4, -0.2) is 68.5 Å². The first-order valence-corrected chi connectivity index (χ1v) is 9.88. The Morgan fingerprint density at radius 1 is 0.939 bits per heavy atom. The zero-order chi connectivity index (χ0) is 24.0. The van der Waals surface area contributed by atoms with Gasteiger partial charge in [0.2, 0.25) is 17.5 Å². The van der Waals surface area contributed by atoms with Crippen LogP contribution < -0.4 is 14.9 Å². The summed E-state index contributed by atoms with van der Waals surface area (Å²) in [6.07, 6.45) is -7.21. The van der Waals surface area contributed by atoms with E-state index in [1.807, 2.05) is 0 Å². The molecule has 4 rings (SSSR count). The lowest BCUT2D eigenvalue weighted by Gasteiger charge is -2.38. The third-order valence-corrected chi connectivity index (χ3v) is 5.40. The van der Waals surface area contributed by atoms with Gasteiger partial charge in [0.15, 0.2) is 17.3 Å². The first-order chi connectivity index (χ1) is 15.6. The highest BCUT2D eigenvalue weighted by molar-refractivity contribution is 5.88. The van der Waals surface area contributed by atoms with E-state index in [0.29, 0.717) is 0 Å². The van der Waals surface area contributed by atoms with Gasteiger partial charge >= 0.3 is 0 Å². The van der Waals surface area contributed by atoms with E-state index in [2.05, 4.69) is 0 Å².